The minimum atomic E-state index is -1.01. The Balaban J connectivity index is 4.16. The van der Waals surface area contributed by atoms with Crippen LogP contribution in [0, 0.1) is 0 Å². The Morgan fingerprint density at radius 2 is 1.14 bits per heavy atom. The molecule has 0 aliphatic heterocycles. The number of aliphatic hydroxyl groups is 1. The van der Waals surface area contributed by atoms with E-state index in [0.29, 0.717) is 6.54 Å². The molecule has 0 aliphatic carbocycles. The van der Waals surface area contributed by atoms with Crippen molar-refractivity contribution < 1.29 is 34.2 Å². The first kappa shape index (κ1) is 34.6. The lowest BCUT2D eigenvalue weighted by atomic mass is 10.1. The Morgan fingerprint density at radius 1 is 0.649 bits per heavy atom. The Morgan fingerprint density at radius 3 is 1.65 bits per heavy atom. The largest absolute Gasteiger partial charge is 0.481 e. The first-order chi connectivity index (χ1) is 17.8. The van der Waals surface area contributed by atoms with Gasteiger partial charge in [-0.2, -0.15) is 12.6 Å². The van der Waals surface area contributed by atoms with Crippen molar-refractivity contribution in [2.24, 2.45) is 0 Å². The maximum absolute atomic E-state index is 12.5. The number of rotatable bonds is 24. The minimum absolute atomic E-state index is 0.0743. The maximum Gasteiger partial charge on any atom is 0.303 e. The molecule has 0 aromatic rings. The molecule has 4 amide bonds. The van der Waals surface area contributed by atoms with Crippen molar-refractivity contribution in [2.45, 2.75) is 76.7 Å². The van der Waals surface area contributed by atoms with Gasteiger partial charge >= 0.3 is 5.97 Å². The number of aliphatic carboxylic acids is 1. The highest BCUT2D eigenvalue weighted by Crippen LogP contribution is 2.10. The summed E-state index contributed by atoms with van der Waals surface area (Å²) in [7, 11) is 0. The van der Waals surface area contributed by atoms with Crippen LogP contribution in [0.4, 0.5) is 0 Å². The quantitative estimate of drug-likeness (QED) is 0.0598. The van der Waals surface area contributed by atoms with Gasteiger partial charge in [-0.25, -0.2) is 0 Å². The molecule has 214 valence electrons. The standard InChI is InChI=1S/C24H45N5O7S/c30-14-13-26-20(31)16-27-21(32)17-28-22(33)18-29-24(36)19(10-11-23(34)35)25-12-8-6-4-2-1-3-5-7-9-15-37/h19,25,30,37H,1-18H2,(H,26,31)(H,27,32)(H,28,33)(H,29,36)(H,34,35)/t19-/m0/s1. The Kier molecular flexibility index (Phi) is 22.4. The molecule has 37 heavy (non-hydrogen) atoms. The highest BCUT2D eigenvalue weighted by Gasteiger charge is 2.19. The fourth-order valence-electron chi connectivity index (χ4n) is 3.38. The van der Waals surface area contributed by atoms with Crippen LogP contribution in [-0.4, -0.2) is 90.9 Å². The first-order valence-electron chi connectivity index (χ1n) is 13.0. The summed E-state index contributed by atoms with van der Waals surface area (Å²) >= 11 is 4.21. The number of carbonyl (C=O) groups is 5. The zero-order valence-electron chi connectivity index (χ0n) is 21.7. The van der Waals surface area contributed by atoms with Gasteiger partial charge in [0.05, 0.1) is 32.3 Å². The van der Waals surface area contributed by atoms with Crippen LogP contribution in [0.5, 0.6) is 0 Å². The summed E-state index contributed by atoms with van der Waals surface area (Å²) in [5.74, 6) is -2.22. The smallest absolute Gasteiger partial charge is 0.303 e. The van der Waals surface area contributed by atoms with E-state index in [1.807, 2.05) is 0 Å². The number of carbonyl (C=O) groups excluding carboxylic acids is 4. The van der Waals surface area contributed by atoms with Gasteiger partial charge in [0.2, 0.25) is 23.6 Å². The SMILES string of the molecule is O=C(O)CC[C@H](NCCCCCCCCCCCS)C(=O)NCC(=O)NCC(=O)NCC(=O)NCCO. The number of amides is 4. The topological polar surface area (TPSA) is 186 Å². The lowest BCUT2D eigenvalue weighted by Crippen LogP contribution is -2.49. The van der Waals surface area contributed by atoms with E-state index in [2.05, 4.69) is 39.2 Å². The molecule has 0 aromatic carbocycles. The summed E-state index contributed by atoms with van der Waals surface area (Å²) in [5, 5.41) is 30.1. The molecule has 0 spiro atoms. The fourth-order valence-corrected chi connectivity index (χ4v) is 3.60. The van der Waals surface area contributed by atoms with Crippen LogP contribution in [0.3, 0.4) is 0 Å². The number of aliphatic hydroxyl groups excluding tert-OH is 1. The molecule has 0 radical (unpaired) electrons. The Labute approximate surface area is 224 Å². The van der Waals surface area contributed by atoms with Gasteiger partial charge < -0.3 is 36.8 Å². The molecule has 0 saturated carbocycles. The van der Waals surface area contributed by atoms with E-state index in [1.54, 1.807) is 0 Å². The van der Waals surface area contributed by atoms with Crippen molar-refractivity contribution in [1.82, 2.24) is 26.6 Å². The van der Waals surface area contributed by atoms with Crippen molar-refractivity contribution >= 4 is 42.2 Å². The van der Waals surface area contributed by atoms with Crippen molar-refractivity contribution in [3.63, 3.8) is 0 Å². The summed E-state index contributed by atoms with van der Waals surface area (Å²) in [5.41, 5.74) is 0. The molecule has 0 unspecified atom stereocenters. The highest BCUT2D eigenvalue weighted by atomic mass is 32.1. The molecule has 12 nitrogen and oxygen atoms in total. The van der Waals surface area contributed by atoms with E-state index in [1.165, 1.54) is 38.5 Å². The highest BCUT2D eigenvalue weighted by molar-refractivity contribution is 7.80. The third-order valence-corrected chi connectivity index (χ3v) is 5.75. The zero-order valence-corrected chi connectivity index (χ0v) is 22.6. The summed E-state index contributed by atoms with van der Waals surface area (Å²) in [6.45, 7) is -0.617. The second-order valence-electron chi connectivity index (χ2n) is 8.69. The molecule has 13 heteroatoms. The molecular weight excluding hydrogens is 502 g/mol. The lowest BCUT2D eigenvalue weighted by Gasteiger charge is -2.18. The summed E-state index contributed by atoms with van der Waals surface area (Å²) in [6, 6.07) is -0.739. The van der Waals surface area contributed by atoms with E-state index < -0.39 is 35.6 Å². The monoisotopic (exact) mass is 547 g/mol. The average Bonchev–Trinajstić information content (AvgIpc) is 2.88. The van der Waals surface area contributed by atoms with E-state index in [0.717, 1.165) is 25.0 Å². The molecule has 0 rings (SSSR count). The van der Waals surface area contributed by atoms with Crippen LogP contribution in [0.15, 0.2) is 0 Å². The molecule has 0 bridgehead atoms. The number of thiol groups is 1. The van der Waals surface area contributed by atoms with Gasteiger partial charge in [0, 0.05) is 13.0 Å². The van der Waals surface area contributed by atoms with E-state index in [4.69, 9.17) is 10.2 Å². The number of carboxylic acids is 1. The molecule has 1 atom stereocenters. The first-order valence-corrected chi connectivity index (χ1v) is 13.7. The third-order valence-electron chi connectivity index (χ3n) is 5.44. The molecule has 0 aromatic heterocycles. The van der Waals surface area contributed by atoms with Gasteiger partial charge in [0.15, 0.2) is 0 Å². The Bertz CT molecular complexity index is 682. The van der Waals surface area contributed by atoms with Gasteiger partial charge in [-0.05, 0) is 31.6 Å². The van der Waals surface area contributed by atoms with Crippen molar-refractivity contribution in [1.29, 1.82) is 0 Å². The lowest BCUT2D eigenvalue weighted by molar-refractivity contribution is -0.137. The van der Waals surface area contributed by atoms with Crippen LogP contribution < -0.4 is 26.6 Å². The van der Waals surface area contributed by atoms with E-state index in [-0.39, 0.29) is 45.6 Å². The van der Waals surface area contributed by atoms with Crippen molar-refractivity contribution in [3.8, 4) is 0 Å². The maximum atomic E-state index is 12.5. The summed E-state index contributed by atoms with van der Waals surface area (Å²) in [6.07, 6.45) is 10.2. The van der Waals surface area contributed by atoms with E-state index >= 15 is 0 Å². The van der Waals surface area contributed by atoms with Gasteiger partial charge in [0.25, 0.3) is 0 Å². The molecule has 0 fully saturated rings. The second-order valence-corrected chi connectivity index (χ2v) is 9.14. The number of carboxylic acid groups (broad SMARTS) is 1. The van der Waals surface area contributed by atoms with Gasteiger partial charge in [-0.3, -0.25) is 24.0 Å². The number of nitrogens with one attached hydrogen (secondary N) is 5. The average molecular weight is 548 g/mol. The predicted molar refractivity (Wildman–Crippen MR) is 143 cm³/mol. The van der Waals surface area contributed by atoms with Crippen LogP contribution in [0.2, 0.25) is 0 Å². The van der Waals surface area contributed by atoms with Crippen LogP contribution >= 0.6 is 12.6 Å². The normalized spacial score (nSPS) is 11.4. The number of hydrogen-bond donors (Lipinski definition) is 8. The second kappa shape index (κ2) is 24.0. The van der Waals surface area contributed by atoms with Crippen molar-refractivity contribution in [2.75, 3.05) is 45.1 Å². The van der Waals surface area contributed by atoms with E-state index in [9.17, 15) is 24.0 Å². The summed E-state index contributed by atoms with van der Waals surface area (Å²) < 4.78 is 0. The third kappa shape index (κ3) is 22.5. The van der Waals surface area contributed by atoms with Gasteiger partial charge in [-0.1, -0.05) is 44.9 Å². The zero-order chi connectivity index (χ0) is 27.7. The fraction of sp³-hybridized carbons (Fsp3) is 0.792. The number of unbranched alkanes of at least 4 members (excludes halogenated alkanes) is 8. The summed E-state index contributed by atoms with van der Waals surface area (Å²) in [4.78, 5) is 58.4. The Hall–Kier alpha value is -2.38. The molecule has 7 N–H and O–H groups in total. The van der Waals surface area contributed by atoms with Crippen LogP contribution in [0.1, 0.15) is 70.6 Å². The van der Waals surface area contributed by atoms with Gasteiger partial charge in [-0.15, -0.1) is 0 Å². The molecule has 0 heterocycles. The minimum Gasteiger partial charge on any atom is -0.481 e. The van der Waals surface area contributed by atoms with Crippen molar-refractivity contribution in [3.05, 3.63) is 0 Å². The predicted octanol–water partition coefficient (Wildman–Crippen LogP) is -0.293. The molecule has 0 saturated heterocycles. The van der Waals surface area contributed by atoms with Crippen LogP contribution in [0.25, 0.3) is 0 Å². The number of hydrogen-bond acceptors (Lipinski definition) is 8. The molecular formula is C24H45N5O7S. The molecule has 0 aliphatic rings. The van der Waals surface area contributed by atoms with Crippen LogP contribution in [-0.2, 0) is 24.0 Å². The van der Waals surface area contributed by atoms with Gasteiger partial charge in [0.1, 0.15) is 0 Å².